The summed E-state index contributed by atoms with van der Waals surface area (Å²) in [5.74, 6) is 0. The summed E-state index contributed by atoms with van der Waals surface area (Å²) < 4.78 is 5.03. The third-order valence-corrected chi connectivity index (χ3v) is 2.52. The van der Waals surface area contributed by atoms with Crippen LogP contribution in [-0.2, 0) is 24.5 Å². The van der Waals surface area contributed by atoms with E-state index in [1.165, 1.54) is 0 Å². The predicted molar refractivity (Wildman–Crippen MR) is 50.7 cm³/mol. The summed E-state index contributed by atoms with van der Waals surface area (Å²) in [6.45, 7) is 0.0184. The first kappa shape index (κ1) is 9.67. The molecule has 3 N–H and O–H groups in total. The number of hydrogen-bond donors (Lipinski definition) is 3. The Kier molecular flexibility index (Phi) is 2.56. The van der Waals surface area contributed by atoms with Crippen LogP contribution in [0.4, 0.5) is 0 Å². The van der Waals surface area contributed by atoms with Crippen molar-refractivity contribution < 1.29 is 19.9 Å². The average Bonchev–Trinajstić information content (AvgIpc) is 2.59. The second-order valence-electron chi connectivity index (χ2n) is 3.26. The fourth-order valence-corrected chi connectivity index (χ4v) is 1.78. The lowest BCUT2D eigenvalue weighted by Gasteiger charge is -2.10. The van der Waals surface area contributed by atoms with Crippen molar-refractivity contribution in [1.82, 2.24) is 0 Å². The highest BCUT2D eigenvalue weighted by atomic mass is 16.5. The third kappa shape index (κ3) is 1.34. The Labute approximate surface area is 81.9 Å². The fraction of sp³-hybridized carbons (Fsp3) is 0.333. The highest BCUT2D eigenvalue weighted by Gasteiger charge is 2.30. The number of rotatable bonds is 2. The molecule has 0 bridgehead atoms. The lowest BCUT2D eigenvalue weighted by Crippen LogP contribution is -2.32. The monoisotopic (exact) mass is 194 g/mol. The maximum atomic E-state index is 9.50. The number of aliphatic hydroxyl groups excluding tert-OH is 2. The molecule has 1 aliphatic heterocycles. The smallest absolute Gasteiger partial charge is 0.423 e. The lowest BCUT2D eigenvalue weighted by atomic mass is 9.75. The number of benzene rings is 1. The van der Waals surface area contributed by atoms with Crippen molar-refractivity contribution in [2.24, 2.45) is 0 Å². The first-order valence-corrected chi connectivity index (χ1v) is 4.43. The summed E-state index contributed by atoms with van der Waals surface area (Å²) in [7, 11) is -0.973. The van der Waals surface area contributed by atoms with Crippen LogP contribution in [0.15, 0.2) is 12.1 Å². The fourth-order valence-electron chi connectivity index (χ4n) is 1.78. The van der Waals surface area contributed by atoms with Crippen molar-refractivity contribution in [2.75, 3.05) is 0 Å². The molecule has 1 heterocycles. The van der Waals surface area contributed by atoms with E-state index >= 15 is 0 Å². The summed E-state index contributed by atoms with van der Waals surface area (Å²) >= 11 is 0. The minimum absolute atomic E-state index is 0.143. The molecule has 0 amide bonds. The maximum absolute atomic E-state index is 9.50. The van der Waals surface area contributed by atoms with Crippen LogP contribution in [0.3, 0.4) is 0 Å². The van der Waals surface area contributed by atoms with Gasteiger partial charge >= 0.3 is 7.12 Å². The van der Waals surface area contributed by atoms with Crippen LogP contribution < -0.4 is 5.46 Å². The van der Waals surface area contributed by atoms with Gasteiger partial charge in [-0.2, -0.15) is 0 Å². The van der Waals surface area contributed by atoms with E-state index in [0.29, 0.717) is 23.2 Å². The number of hydrogen-bond acceptors (Lipinski definition) is 4. The van der Waals surface area contributed by atoms with Crippen LogP contribution in [0.2, 0.25) is 0 Å². The zero-order chi connectivity index (χ0) is 10.1. The van der Waals surface area contributed by atoms with E-state index in [9.17, 15) is 5.02 Å². The summed E-state index contributed by atoms with van der Waals surface area (Å²) in [5, 5.41) is 27.7. The topological polar surface area (TPSA) is 69.9 Å². The minimum Gasteiger partial charge on any atom is -0.423 e. The lowest BCUT2D eigenvalue weighted by molar-refractivity contribution is 0.260. The van der Waals surface area contributed by atoms with Gasteiger partial charge in [-0.05, 0) is 22.2 Å². The van der Waals surface area contributed by atoms with Gasteiger partial charge < -0.3 is 19.9 Å². The minimum atomic E-state index is -0.973. The van der Waals surface area contributed by atoms with Gasteiger partial charge in [-0.25, -0.2) is 0 Å². The van der Waals surface area contributed by atoms with E-state index in [-0.39, 0.29) is 13.2 Å². The molecular weight excluding hydrogens is 183 g/mol. The number of aliphatic hydroxyl groups is 2. The third-order valence-electron chi connectivity index (χ3n) is 2.52. The molecule has 14 heavy (non-hydrogen) atoms. The Morgan fingerprint density at radius 2 is 2.07 bits per heavy atom. The molecule has 1 aliphatic rings. The maximum Gasteiger partial charge on any atom is 0.492 e. The van der Waals surface area contributed by atoms with Gasteiger partial charge in [0.1, 0.15) is 0 Å². The second kappa shape index (κ2) is 3.71. The standard InChI is InChI=1S/C9H11BO4/c11-3-6-1-2-7-5-14-10(13)9(7)8(6)4-12/h1-2,11-13H,3-5H2. The van der Waals surface area contributed by atoms with Crippen molar-refractivity contribution in [3.8, 4) is 0 Å². The molecule has 0 aromatic heterocycles. The van der Waals surface area contributed by atoms with Crippen LogP contribution in [0.25, 0.3) is 0 Å². The van der Waals surface area contributed by atoms with Gasteiger partial charge in [-0.1, -0.05) is 12.1 Å². The molecule has 1 aromatic carbocycles. The Morgan fingerprint density at radius 3 is 2.71 bits per heavy atom. The van der Waals surface area contributed by atoms with Crippen molar-refractivity contribution >= 4 is 12.6 Å². The summed E-state index contributed by atoms with van der Waals surface area (Å²) in [6.07, 6.45) is 0. The van der Waals surface area contributed by atoms with Gasteiger partial charge in [0, 0.05) is 0 Å². The summed E-state index contributed by atoms with van der Waals surface area (Å²) in [4.78, 5) is 0. The van der Waals surface area contributed by atoms with Gasteiger partial charge in [0.25, 0.3) is 0 Å². The quantitative estimate of drug-likeness (QED) is 0.522. The average molecular weight is 194 g/mol. The van der Waals surface area contributed by atoms with Crippen LogP contribution in [-0.4, -0.2) is 22.4 Å². The molecule has 0 spiro atoms. The molecule has 1 aromatic rings. The van der Waals surface area contributed by atoms with E-state index in [0.717, 1.165) is 5.56 Å². The Bertz CT molecular complexity index is 353. The molecule has 0 aliphatic carbocycles. The molecule has 0 unspecified atom stereocenters. The Balaban J connectivity index is 2.57. The zero-order valence-electron chi connectivity index (χ0n) is 7.60. The molecule has 74 valence electrons. The Hall–Kier alpha value is -0.875. The first-order valence-electron chi connectivity index (χ1n) is 4.43. The molecule has 0 radical (unpaired) electrons. The predicted octanol–water partition coefficient (Wildman–Crippen LogP) is -1.11. The van der Waals surface area contributed by atoms with Crippen LogP contribution in [0.1, 0.15) is 16.7 Å². The molecule has 0 atom stereocenters. The summed E-state index contributed by atoms with van der Waals surface area (Å²) in [6, 6.07) is 3.54. The summed E-state index contributed by atoms with van der Waals surface area (Å²) in [5.41, 5.74) is 2.70. The van der Waals surface area contributed by atoms with E-state index in [2.05, 4.69) is 0 Å². The molecular formula is C9H11BO4. The molecule has 0 saturated carbocycles. The SMILES string of the molecule is OCc1ccc2c(c1CO)B(O)OC2. The van der Waals surface area contributed by atoms with Gasteiger partial charge in [-0.15, -0.1) is 0 Å². The first-order chi connectivity index (χ1) is 6.77. The van der Waals surface area contributed by atoms with E-state index in [1.54, 1.807) is 12.1 Å². The normalized spacial score (nSPS) is 14.6. The van der Waals surface area contributed by atoms with Crippen molar-refractivity contribution in [3.63, 3.8) is 0 Å². The zero-order valence-corrected chi connectivity index (χ0v) is 7.60. The van der Waals surface area contributed by atoms with Gasteiger partial charge in [0.05, 0.1) is 19.8 Å². The number of fused-ring (bicyclic) bond motifs is 1. The van der Waals surface area contributed by atoms with Crippen LogP contribution >= 0.6 is 0 Å². The molecule has 0 fully saturated rings. The second-order valence-corrected chi connectivity index (χ2v) is 3.26. The molecule has 0 saturated heterocycles. The van der Waals surface area contributed by atoms with E-state index in [1.807, 2.05) is 0 Å². The largest absolute Gasteiger partial charge is 0.492 e. The highest BCUT2D eigenvalue weighted by molar-refractivity contribution is 6.62. The molecule has 5 heteroatoms. The van der Waals surface area contributed by atoms with Crippen molar-refractivity contribution in [1.29, 1.82) is 0 Å². The molecule has 4 nitrogen and oxygen atoms in total. The van der Waals surface area contributed by atoms with Crippen LogP contribution in [0, 0.1) is 0 Å². The van der Waals surface area contributed by atoms with Gasteiger partial charge in [-0.3, -0.25) is 0 Å². The Morgan fingerprint density at radius 1 is 1.29 bits per heavy atom. The van der Waals surface area contributed by atoms with E-state index < -0.39 is 7.12 Å². The van der Waals surface area contributed by atoms with Crippen molar-refractivity contribution in [2.45, 2.75) is 19.8 Å². The highest BCUT2D eigenvalue weighted by Crippen LogP contribution is 2.16. The van der Waals surface area contributed by atoms with Crippen molar-refractivity contribution in [3.05, 3.63) is 28.8 Å². The van der Waals surface area contributed by atoms with Crippen LogP contribution in [0.5, 0.6) is 0 Å². The van der Waals surface area contributed by atoms with Gasteiger partial charge in [0.2, 0.25) is 0 Å². The van der Waals surface area contributed by atoms with Gasteiger partial charge in [0.15, 0.2) is 0 Å². The molecule has 2 rings (SSSR count). The van der Waals surface area contributed by atoms with E-state index in [4.69, 9.17) is 14.9 Å².